The minimum atomic E-state index is -0.823. The van der Waals surface area contributed by atoms with Gasteiger partial charge in [-0.05, 0) is 48.3 Å². The van der Waals surface area contributed by atoms with Gasteiger partial charge in [0.05, 0.1) is 11.8 Å². The molecule has 0 aliphatic heterocycles. The van der Waals surface area contributed by atoms with Gasteiger partial charge in [0.15, 0.2) is 0 Å². The van der Waals surface area contributed by atoms with E-state index in [4.69, 9.17) is 5.73 Å². The number of carbonyl (C=O) groups is 2. The predicted molar refractivity (Wildman–Crippen MR) is 63.1 cm³/mol. The van der Waals surface area contributed by atoms with Crippen LogP contribution >= 0.6 is 0 Å². The minimum absolute atomic E-state index is 0.176. The molecule has 4 aliphatic rings. The van der Waals surface area contributed by atoms with Crippen molar-refractivity contribution in [1.29, 1.82) is 0 Å². The Kier molecular flexibility index (Phi) is 1.86. The first-order chi connectivity index (χ1) is 8.59. The third-order valence-electron chi connectivity index (χ3n) is 6.04. The Labute approximate surface area is 105 Å². The number of amides is 1. The fourth-order valence-corrected chi connectivity index (χ4v) is 5.76. The second kappa shape index (κ2) is 3.16. The number of carboxylic acid groups (broad SMARTS) is 1. The van der Waals surface area contributed by atoms with Crippen LogP contribution in [0, 0.1) is 47.3 Å². The molecule has 4 bridgehead atoms. The summed E-state index contributed by atoms with van der Waals surface area (Å²) in [6, 6.07) is 0. The maximum Gasteiger partial charge on any atom is 0.307 e. The maximum atomic E-state index is 11.6. The van der Waals surface area contributed by atoms with E-state index in [1.54, 1.807) is 0 Å². The molecule has 0 aromatic heterocycles. The molecule has 0 radical (unpaired) electrons. The Hall–Kier alpha value is -1.32. The molecule has 96 valence electrons. The lowest BCUT2D eigenvalue weighted by molar-refractivity contribution is -0.151. The average molecular weight is 247 g/mol. The standard InChI is InChI=1S/C14H17NO3/c15-13(16)11-7-4-8(12(11)14(17)18)10-6-2-1-5(3-6)9(7)10/h1-2,5-12H,3-4H2,(H2,15,16)(H,17,18). The number of fused-ring (bicyclic) bond motifs is 9. The van der Waals surface area contributed by atoms with Gasteiger partial charge >= 0.3 is 5.97 Å². The van der Waals surface area contributed by atoms with Gasteiger partial charge in [0.1, 0.15) is 0 Å². The Bertz CT molecular complexity index is 432. The molecular formula is C14H17NO3. The van der Waals surface area contributed by atoms with Crippen LogP contribution < -0.4 is 5.73 Å². The summed E-state index contributed by atoms with van der Waals surface area (Å²) in [5.41, 5.74) is 5.47. The van der Waals surface area contributed by atoms with Gasteiger partial charge in [-0.1, -0.05) is 12.2 Å². The number of carboxylic acids is 1. The predicted octanol–water partition coefficient (Wildman–Crippen LogP) is 0.877. The van der Waals surface area contributed by atoms with Crippen molar-refractivity contribution in [2.75, 3.05) is 0 Å². The maximum absolute atomic E-state index is 11.6. The highest BCUT2D eigenvalue weighted by molar-refractivity contribution is 5.85. The monoisotopic (exact) mass is 247 g/mol. The van der Waals surface area contributed by atoms with Gasteiger partial charge in [-0.15, -0.1) is 0 Å². The molecule has 3 fully saturated rings. The third kappa shape index (κ3) is 1.03. The highest BCUT2D eigenvalue weighted by atomic mass is 16.4. The second-order valence-corrected chi connectivity index (χ2v) is 6.46. The van der Waals surface area contributed by atoms with E-state index in [2.05, 4.69) is 12.2 Å². The van der Waals surface area contributed by atoms with Crippen LogP contribution in [-0.4, -0.2) is 17.0 Å². The normalized spacial score (nSPS) is 54.9. The lowest BCUT2D eigenvalue weighted by Crippen LogP contribution is -2.45. The quantitative estimate of drug-likeness (QED) is 0.561. The number of carbonyl (C=O) groups excluding carboxylic acids is 1. The number of aliphatic carboxylic acids is 1. The van der Waals surface area contributed by atoms with Crippen LogP contribution in [0.1, 0.15) is 12.8 Å². The van der Waals surface area contributed by atoms with Crippen LogP contribution in [0.25, 0.3) is 0 Å². The van der Waals surface area contributed by atoms with Crippen LogP contribution in [0.3, 0.4) is 0 Å². The van der Waals surface area contributed by atoms with E-state index >= 15 is 0 Å². The largest absolute Gasteiger partial charge is 0.481 e. The van der Waals surface area contributed by atoms with Crippen molar-refractivity contribution >= 4 is 11.9 Å². The van der Waals surface area contributed by atoms with E-state index in [1.807, 2.05) is 0 Å². The first-order valence-electron chi connectivity index (χ1n) is 6.80. The Morgan fingerprint density at radius 3 is 2.06 bits per heavy atom. The number of allylic oxidation sites excluding steroid dienone is 2. The van der Waals surface area contributed by atoms with E-state index < -0.39 is 23.7 Å². The number of hydrogen-bond acceptors (Lipinski definition) is 2. The highest BCUT2D eigenvalue weighted by Crippen LogP contribution is 2.68. The Morgan fingerprint density at radius 1 is 1.00 bits per heavy atom. The third-order valence-corrected chi connectivity index (χ3v) is 6.04. The molecule has 18 heavy (non-hydrogen) atoms. The average Bonchev–Trinajstić information content (AvgIpc) is 3.04. The molecule has 4 heteroatoms. The van der Waals surface area contributed by atoms with E-state index in [1.165, 1.54) is 6.42 Å². The topological polar surface area (TPSA) is 80.4 Å². The van der Waals surface area contributed by atoms with Gasteiger partial charge in [0.25, 0.3) is 0 Å². The van der Waals surface area contributed by atoms with E-state index in [0.717, 1.165) is 6.42 Å². The first-order valence-corrected chi connectivity index (χ1v) is 6.80. The van der Waals surface area contributed by atoms with Crippen molar-refractivity contribution in [3.63, 3.8) is 0 Å². The van der Waals surface area contributed by atoms with E-state index in [9.17, 15) is 14.7 Å². The van der Waals surface area contributed by atoms with Crippen LogP contribution in [0.4, 0.5) is 0 Å². The van der Waals surface area contributed by atoms with Crippen molar-refractivity contribution in [3.8, 4) is 0 Å². The lowest BCUT2D eigenvalue weighted by Gasteiger charge is -2.38. The summed E-state index contributed by atoms with van der Waals surface area (Å²) in [6.07, 6.45) is 6.61. The molecule has 0 aromatic carbocycles. The van der Waals surface area contributed by atoms with E-state index in [0.29, 0.717) is 23.7 Å². The first kappa shape index (κ1) is 10.6. The van der Waals surface area contributed by atoms with Crippen molar-refractivity contribution in [2.45, 2.75) is 12.8 Å². The summed E-state index contributed by atoms with van der Waals surface area (Å²) >= 11 is 0. The fraction of sp³-hybridized carbons (Fsp3) is 0.714. The van der Waals surface area contributed by atoms with Crippen LogP contribution in [0.15, 0.2) is 12.2 Å². The number of nitrogens with two attached hydrogens (primary N) is 1. The van der Waals surface area contributed by atoms with Gasteiger partial charge in [-0.2, -0.15) is 0 Å². The van der Waals surface area contributed by atoms with Crippen LogP contribution in [0.2, 0.25) is 0 Å². The van der Waals surface area contributed by atoms with Gasteiger partial charge in [-0.25, -0.2) is 0 Å². The highest BCUT2D eigenvalue weighted by Gasteiger charge is 2.67. The zero-order chi connectivity index (χ0) is 12.6. The summed E-state index contributed by atoms with van der Waals surface area (Å²) in [6.45, 7) is 0. The van der Waals surface area contributed by atoms with E-state index in [-0.39, 0.29) is 11.8 Å². The molecule has 3 saturated carbocycles. The Morgan fingerprint density at radius 2 is 1.56 bits per heavy atom. The van der Waals surface area contributed by atoms with Gasteiger partial charge in [0, 0.05) is 0 Å². The molecule has 4 rings (SSSR count). The molecule has 0 spiro atoms. The number of rotatable bonds is 2. The van der Waals surface area contributed by atoms with Gasteiger partial charge in [0.2, 0.25) is 5.91 Å². The van der Waals surface area contributed by atoms with Crippen molar-refractivity contribution in [2.24, 2.45) is 53.1 Å². The van der Waals surface area contributed by atoms with Gasteiger partial charge in [-0.3, -0.25) is 9.59 Å². The molecule has 8 unspecified atom stereocenters. The number of hydrogen-bond donors (Lipinski definition) is 2. The number of primary amides is 1. The second-order valence-electron chi connectivity index (χ2n) is 6.46. The fourth-order valence-electron chi connectivity index (χ4n) is 5.76. The Balaban J connectivity index is 1.76. The zero-order valence-electron chi connectivity index (χ0n) is 10.0. The molecule has 3 N–H and O–H groups in total. The molecule has 4 aliphatic carbocycles. The van der Waals surface area contributed by atoms with Gasteiger partial charge < -0.3 is 10.8 Å². The summed E-state index contributed by atoms with van der Waals surface area (Å²) in [5, 5.41) is 9.42. The molecule has 0 heterocycles. The SMILES string of the molecule is NC(=O)C1C2CC(C1C(=O)O)C1C3C=CC(C3)C21. The minimum Gasteiger partial charge on any atom is -0.481 e. The lowest BCUT2D eigenvalue weighted by atomic mass is 9.64. The van der Waals surface area contributed by atoms with Crippen LogP contribution in [0.5, 0.6) is 0 Å². The smallest absolute Gasteiger partial charge is 0.307 e. The summed E-state index contributed by atoms with van der Waals surface area (Å²) < 4.78 is 0. The summed E-state index contributed by atoms with van der Waals surface area (Å²) in [4.78, 5) is 23.1. The molecule has 0 saturated heterocycles. The molecule has 4 nitrogen and oxygen atoms in total. The van der Waals surface area contributed by atoms with Crippen molar-refractivity contribution in [3.05, 3.63) is 12.2 Å². The van der Waals surface area contributed by atoms with Crippen molar-refractivity contribution in [1.82, 2.24) is 0 Å². The zero-order valence-corrected chi connectivity index (χ0v) is 10.0. The van der Waals surface area contributed by atoms with Crippen molar-refractivity contribution < 1.29 is 14.7 Å². The summed E-state index contributed by atoms with van der Waals surface area (Å²) in [7, 11) is 0. The molecular weight excluding hydrogens is 230 g/mol. The summed E-state index contributed by atoms with van der Waals surface area (Å²) in [5.74, 6) is 0.380. The molecule has 0 aromatic rings. The molecule has 1 amide bonds. The molecule has 8 atom stereocenters. The van der Waals surface area contributed by atoms with Crippen LogP contribution in [-0.2, 0) is 9.59 Å².